The fourth-order valence-electron chi connectivity index (χ4n) is 3.08. The Morgan fingerprint density at radius 2 is 1.93 bits per heavy atom. The fourth-order valence-corrected chi connectivity index (χ4v) is 3.08. The molecule has 2 saturated heterocycles. The monoisotopic (exact) mass is 218 g/mol. The van der Waals surface area contributed by atoms with E-state index in [0.717, 1.165) is 12.0 Å². The maximum atomic E-state index is 3.34. The van der Waals surface area contributed by atoms with Crippen molar-refractivity contribution in [3.63, 3.8) is 0 Å². The van der Waals surface area contributed by atoms with Crippen molar-refractivity contribution in [1.82, 2.24) is 10.2 Å². The third-order valence-electron chi connectivity index (χ3n) is 3.69. The maximum Gasteiger partial charge on any atom is 0.0136 e. The van der Waals surface area contributed by atoms with E-state index in [1.54, 1.807) is 0 Å². The zero-order valence-corrected chi connectivity index (χ0v) is 9.98. The van der Waals surface area contributed by atoms with Crippen LogP contribution in [0.25, 0.3) is 0 Å². The number of hydrogen-bond donors (Lipinski definition) is 1. The smallest absolute Gasteiger partial charge is 0.0136 e. The molecule has 2 nitrogen and oxygen atoms in total. The summed E-state index contributed by atoms with van der Waals surface area (Å²) < 4.78 is 0. The van der Waals surface area contributed by atoms with Crippen LogP contribution >= 0.6 is 12.4 Å². The van der Waals surface area contributed by atoms with Crippen LogP contribution in [0.5, 0.6) is 0 Å². The van der Waals surface area contributed by atoms with Crippen LogP contribution in [-0.4, -0.2) is 37.6 Å². The highest BCUT2D eigenvalue weighted by molar-refractivity contribution is 5.85. The molecule has 0 aromatic rings. The molecule has 0 bridgehead atoms. The summed E-state index contributed by atoms with van der Waals surface area (Å²) >= 11 is 0. The van der Waals surface area contributed by atoms with E-state index in [4.69, 9.17) is 0 Å². The molecule has 1 N–H and O–H groups in total. The lowest BCUT2D eigenvalue weighted by molar-refractivity contribution is 0.0603. The number of fused-ring (bicyclic) bond motifs is 1. The summed E-state index contributed by atoms with van der Waals surface area (Å²) in [5.74, 6) is 0.930. The number of rotatable bonds is 2. The van der Waals surface area contributed by atoms with Gasteiger partial charge >= 0.3 is 0 Å². The van der Waals surface area contributed by atoms with E-state index < -0.39 is 0 Å². The molecule has 2 fully saturated rings. The zero-order chi connectivity index (χ0) is 9.10. The van der Waals surface area contributed by atoms with Crippen molar-refractivity contribution in [3.8, 4) is 0 Å². The first-order valence-corrected chi connectivity index (χ1v) is 5.80. The van der Waals surface area contributed by atoms with E-state index in [-0.39, 0.29) is 12.4 Å². The largest absolute Gasteiger partial charge is 0.319 e. The van der Waals surface area contributed by atoms with Gasteiger partial charge in [0.15, 0.2) is 0 Å². The number of halogens is 1. The highest BCUT2D eigenvalue weighted by atomic mass is 35.5. The molecule has 2 rings (SSSR count). The van der Waals surface area contributed by atoms with Gasteiger partial charge in [0.2, 0.25) is 0 Å². The summed E-state index contributed by atoms with van der Waals surface area (Å²) in [6, 6.07) is 0.912. The normalized spacial score (nSPS) is 33.2. The summed E-state index contributed by atoms with van der Waals surface area (Å²) in [5, 5.41) is 3.34. The number of piperidine rings is 2. The fraction of sp³-hybridized carbons (Fsp3) is 1.00. The number of nitrogens with one attached hydrogen (secondary N) is 1. The molecule has 0 aromatic heterocycles. The van der Waals surface area contributed by atoms with E-state index in [0.29, 0.717) is 0 Å². The first-order chi connectivity index (χ1) is 6.42. The van der Waals surface area contributed by atoms with Crippen molar-refractivity contribution in [3.05, 3.63) is 0 Å². The minimum atomic E-state index is 0. The molecule has 0 saturated carbocycles. The van der Waals surface area contributed by atoms with Crippen LogP contribution in [-0.2, 0) is 0 Å². The van der Waals surface area contributed by atoms with Gasteiger partial charge in [0.25, 0.3) is 0 Å². The molecular formula is C11H23ClN2. The van der Waals surface area contributed by atoms with Crippen LogP contribution in [0.2, 0.25) is 0 Å². The standard InChI is InChI=1S/C11H22N2.ClH/c1-12-9-10-5-4-8-13-7-3-2-6-11(10)13;/h10-12H,2-9H2,1H3;1H. The molecule has 2 atom stereocenters. The van der Waals surface area contributed by atoms with E-state index in [1.807, 2.05) is 0 Å². The Hall–Kier alpha value is 0.210. The summed E-state index contributed by atoms with van der Waals surface area (Å²) in [6.45, 7) is 3.96. The van der Waals surface area contributed by atoms with Crippen LogP contribution in [0, 0.1) is 5.92 Å². The van der Waals surface area contributed by atoms with Crippen molar-refractivity contribution in [2.45, 2.75) is 38.1 Å². The van der Waals surface area contributed by atoms with Gasteiger partial charge in [-0.25, -0.2) is 0 Å². The number of nitrogens with zero attached hydrogens (tertiary/aromatic N) is 1. The molecule has 14 heavy (non-hydrogen) atoms. The van der Waals surface area contributed by atoms with Gasteiger partial charge in [-0.05, 0) is 58.3 Å². The van der Waals surface area contributed by atoms with Gasteiger partial charge in [0.05, 0.1) is 0 Å². The topological polar surface area (TPSA) is 15.3 Å². The van der Waals surface area contributed by atoms with Gasteiger partial charge in [-0.2, -0.15) is 0 Å². The molecule has 0 aromatic carbocycles. The molecule has 2 unspecified atom stereocenters. The first-order valence-electron chi connectivity index (χ1n) is 5.80. The zero-order valence-electron chi connectivity index (χ0n) is 9.17. The predicted octanol–water partition coefficient (Wildman–Crippen LogP) is 1.89. The minimum Gasteiger partial charge on any atom is -0.319 e. The van der Waals surface area contributed by atoms with Crippen molar-refractivity contribution >= 4 is 12.4 Å². The second kappa shape index (κ2) is 5.94. The van der Waals surface area contributed by atoms with Crippen molar-refractivity contribution in [2.24, 2.45) is 5.92 Å². The third-order valence-corrected chi connectivity index (χ3v) is 3.69. The second-order valence-electron chi connectivity index (χ2n) is 4.56. The molecular weight excluding hydrogens is 196 g/mol. The Labute approximate surface area is 93.8 Å². The van der Waals surface area contributed by atoms with Crippen LogP contribution in [0.3, 0.4) is 0 Å². The number of hydrogen-bond acceptors (Lipinski definition) is 2. The Morgan fingerprint density at radius 1 is 1.14 bits per heavy atom. The quantitative estimate of drug-likeness (QED) is 0.762. The van der Waals surface area contributed by atoms with Crippen molar-refractivity contribution in [1.29, 1.82) is 0 Å². The van der Waals surface area contributed by atoms with Gasteiger partial charge in [-0.3, -0.25) is 0 Å². The maximum absolute atomic E-state index is 3.34. The average Bonchev–Trinajstić information content (AvgIpc) is 2.19. The van der Waals surface area contributed by atoms with Crippen LogP contribution in [0.4, 0.5) is 0 Å². The average molecular weight is 219 g/mol. The lowest BCUT2D eigenvalue weighted by atomic mass is 9.83. The summed E-state index contributed by atoms with van der Waals surface area (Å²) in [6.07, 6.45) is 7.21. The first kappa shape index (κ1) is 12.3. The van der Waals surface area contributed by atoms with Gasteiger partial charge < -0.3 is 10.2 Å². The molecule has 0 spiro atoms. The van der Waals surface area contributed by atoms with E-state index in [1.165, 1.54) is 51.7 Å². The van der Waals surface area contributed by atoms with Gasteiger partial charge in [0, 0.05) is 6.04 Å². The minimum absolute atomic E-state index is 0. The van der Waals surface area contributed by atoms with Crippen LogP contribution < -0.4 is 5.32 Å². The molecule has 84 valence electrons. The SMILES string of the molecule is CNCC1CCCN2CCCCC12.Cl. The Kier molecular flexibility index (Phi) is 5.21. The van der Waals surface area contributed by atoms with Gasteiger partial charge in [0.1, 0.15) is 0 Å². The van der Waals surface area contributed by atoms with Crippen LogP contribution in [0.15, 0.2) is 0 Å². The second-order valence-corrected chi connectivity index (χ2v) is 4.56. The predicted molar refractivity (Wildman–Crippen MR) is 63.1 cm³/mol. The highest BCUT2D eigenvalue weighted by Gasteiger charge is 2.32. The van der Waals surface area contributed by atoms with Crippen molar-refractivity contribution in [2.75, 3.05) is 26.7 Å². The lowest BCUT2D eigenvalue weighted by Gasteiger charge is -2.44. The third kappa shape index (κ3) is 2.62. The van der Waals surface area contributed by atoms with E-state index in [9.17, 15) is 0 Å². The summed E-state index contributed by atoms with van der Waals surface area (Å²) in [5.41, 5.74) is 0. The van der Waals surface area contributed by atoms with Gasteiger partial charge in [-0.1, -0.05) is 6.42 Å². The molecule has 2 aliphatic heterocycles. The summed E-state index contributed by atoms with van der Waals surface area (Å²) in [4.78, 5) is 2.73. The lowest BCUT2D eigenvalue weighted by Crippen LogP contribution is -2.50. The highest BCUT2D eigenvalue weighted by Crippen LogP contribution is 2.30. The Morgan fingerprint density at radius 3 is 2.71 bits per heavy atom. The Balaban J connectivity index is 0.000000980. The van der Waals surface area contributed by atoms with Crippen LogP contribution in [0.1, 0.15) is 32.1 Å². The van der Waals surface area contributed by atoms with Crippen molar-refractivity contribution < 1.29 is 0 Å². The van der Waals surface area contributed by atoms with Gasteiger partial charge in [-0.15, -0.1) is 12.4 Å². The molecule has 2 heterocycles. The van der Waals surface area contributed by atoms with E-state index >= 15 is 0 Å². The van der Waals surface area contributed by atoms with E-state index in [2.05, 4.69) is 17.3 Å². The summed E-state index contributed by atoms with van der Waals surface area (Å²) in [7, 11) is 2.09. The Bertz CT molecular complexity index is 159. The molecule has 0 aliphatic carbocycles. The molecule has 0 amide bonds. The molecule has 0 radical (unpaired) electrons. The molecule has 2 aliphatic rings. The molecule has 3 heteroatoms.